The van der Waals surface area contributed by atoms with Gasteiger partial charge in [0, 0.05) is 30.3 Å². The number of phenols is 1. The monoisotopic (exact) mass is 790 g/mol. The second-order valence-corrected chi connectivity index (χ2v) is 17.8. The summed E-state index contributed by atoms with van der Waals surface area (Å²) in [6, 6.07) is 4.16. The van der Waals surface area contributed by atoms with Crippen LogP contribution in [0.3, 0.4) is 0 Å². The number of oxazole rings is 1. The van der Waals surface area contributed by atoms with Crippen molar-refractivity contribution >= 4 is 52.1 Å². The predicted octanol–water partition coefficient (Wildman–Crippen LogP) is 7.14. The minimum atomic E-state index is -1.05. The third kappa shape index (κ3) is 7.83. The molecule has 4 aliphatic rings. The summed E-state index contributed by atoms with van der Waals surface area (Å²) >= 11 is 6.58. The van der Waals surface area contributed by atoms with Crippen molar-refractivity contribution in [2.45, 2.75) is 104 Å². The van der Waals surface area contributed by atoms with Gasteiger partial charge in [-0.05, 0) is 74.8 Å². The maximum atomic E-state index is 14.8. The first-order valence-electron chi connectivity index (χ1n) is 19.5. The van der Waals surface area contributed by atoms with Gasteiger partial charge in [-0.3, -0.25) is 19.2 Å². The van der Waals surface area contributed by atoms with Crippen LogP contribution in [0.1, 0.15) is 79.6 Å². The van der Waals surface area contributed by atoms with Crippen LogP contribution in [0.25, 0.3) is 22.3 Å². The van der Waals surface area contributed by atoms with Crippen LogP contribution in [0.15, 0.2) is 41.5 Å². The first-order valence-corrected chi connectivity index (χ1v) is 19.8. The van der Waals surface area contributed by atoms with Crippen LogP contribution in [0, 0.1) is 34.5 Å². The number of rotatable bonds is 14. The molecular formula is C42H51ClN4O9. The number of fused-ring (bicyclic) bond motifs is 2. The summed E-state index contributed by atoms with van der Waals surface area (Å²) in [7, 11) is 1.30. The number of methoxy groups -OCH3 is 1. The Balaban J connectivity index is 1.20. The second kappa shape index (κ2) is 15.0. The lowest BCUT2D eigenvalue weighted by Gasteiger charge is -2.35. The molecule has 0 spiro atoms. The molecule has 2 aromatic heterocycles. The number of ether oxygens (including phenoxy) is 3. The molecule has 0 bridgehead atoms. The molecule has 3 aromatic rings. The van der Waals surface area contributed by atoms with Crippen molar-refractivity contribution in [2.24, 2.45) is 34.5 Å². The van der Waals surface area contributed by atoms with Gasteiger partial charge in [0.15, 0.2) is 5.78 Å². The zero-order chi connectivity index (χ0) is 40.3. The van der Waals surface area contributed by atoms with E-state index in [1.54, 1.807) is 18.2 Å². The summed E-state index contributed by atoms with van der Waals surface area (Å²) < 4.78 is 23.3. The Morgan fingerprint density at radius 2 is 1.84 bits per heavy atom. The number of esters is 2. The lowest BCUT2D eigenvalue weighted by atomic mass is 9.77. The van der Waals surface area contributed by atoms with Gasteiger partial charge in [-0.2, -0.15) is 4.98 Å². The summed E-state index contributed by atoms with van der Waals surface area (Å²) in [5, 5.41) is 14.1. The summed E-state index contributed by atoms with van der Waals surface area (Å²) in [4.78, 5) is 66.3. The van der Waals surface area contributed by atoms with E-state index in [-0.39, 0.29) is 71.9 Å². The summed E-state index contributed by atoms with van der Waals surface area (Å²) in [5.74, 6) is -1.18. The smallest absolute Gasteiger partial charge is 0.312 e. The molecule has 1 amide bonds. The Morgan fingerprint density at radius 1 is 1.11 bits per heavy atom. The fourth-order valence-electron chi connectivity index (χ4n) is 8.67. The molecule has 1 aliphatic heterocycles. The zero-order valence-corrected chi connectivity index (χ0v) is 33.6. The molecule has 56 heavy (non-hydrogen) atoms. The van der Waals surface area contributed by atoms with E-state index in [1.807, 2.05) is 34.6 Å². The van der Waals surface area contributed by atoms with Gasteiger partial charge < -0.3 is 34.0 Å². The number of aromatic nitrogens is 2. The van der Waals surface area contributed by atoms with Crippen LogP contribution in [0.4, 0.5) is 6.01 Å². The van der Waals surface area contributed by atoms with Gasteiger partial charge in [0.25, 0.3) is 6.01 Å². The highest BCUT2D eigenvalue weighted by Gasteiger charge is 2.61. The van der Waals surface area contributed by atoms with Crippen molar-refractivity contribution in [1.82, 2.24) is 14.9 Å². The number of nitrogens with one attached hydrogen (secondary N) is 1. The first kappa shape index (κ1) is 39.6. The highest BCUT2D eigenvalue weighted by Crippen LogP contribution is 2.57. The number of amides is 1. The number of hydrogen-bond acceptors (Lipinski definition) is 12. The minimum Gasteiger partial charge on any atom is -0.506 e. The van der Waals surface area contributed by atoms with Gasteiger partial charge >= 0.3 is 11.9 Å². The molecule has 300 valence electrons. The second-order valence-electron chi connectivity index (χ2n) is 17.4. The highest BCUT2D eigenvalue weighted by atomic mass is 35.5. The van der Waals surface area contributed by atoms with Crippen LogP contribution in [0.2, 0.25) is 5.02 Å². The van der Waals surface area contributed by atoms with Crippen molar-refractivity contribution in [3.05, 3.63) is 42.1 Å². The number of phenolic OH excluding ortho intramolecular Hbond substituents is 1. The van der Waals surface area contributed by atoms with E-state index < -0.39 is 40.8 Å². The first-order chi connectivity index (χ1) is 26.5. The predicted molar refractivity (Wildman–Crippen MR) is 208 cm³/mol. The van der Waals surface area contributed by atoms with Crippen LogP contribution in [-0.2, 0) is 28.7 Å². The molecule has 0 radical (unpaired) electrons. The van der Waals surface area contributed by atoms with Crippen molar-refractivity contribution in [1.29, 1.82) is 0 Å². The average molecular weight is 791 g/mol. The number of anilines is 1. The zero-order valence-electron chi connectivity index (χ0n) is 32.8. The number of pyridine rings is 1. The molecule has 3 heterocycles. The van der Waals surface area contributed by atoms with Gasteiger partial charge in [0.2, 0.25) is 5.91 Å². The SMILES string of the molecule is C=C[C@@H]1CC1(CC(=O)[C@@H]1C[C@@H](Oc2cc(-c3coc(NC(C)C)n3)nc3c(Cl)c(O)ccc23)CN1C(=O)[C@@H](CC(=O)OC1C[C@@H]2C[C@@H]2C1)C(C)(C)C)C(=O)OC. The molecule has 13 nitrogen and oxygen atoms in total. The number of ketones is 1. The Kier molecular flexibility index (Phi) is 10.6. The number of carbonyl (C=O) groups is 4. The Bertz CT molecular complexity index is 2050. The van der Waals surface area contributed by atoms with Crippen molar-refractivity contribution in [3.63, 3.8) is 0 Å². The number of halogens is 1. The van der Waals surface area contributed by atoms with Crippen LogP contribution < -0.4 is 10.1 Å². The van der Waals surface area contributed by atoms with E-state index in [1.165, 1.54) is 30.8 Å². The van der Waals surface area contributed by atoms with Crippen molar-refractivity contribution < 1.29 is 42.9 Å². The van der Waals surface area contributed by atoms with Gasteiger partial charge in [0.1, 0.15) is 40.7 Å². The number of aromatic hydroxyl groups is 1. The van der Waals surface area contributed by atoms with Crippen LogP contribution in [-0.4, -0.2) is 81.5 Å². The summed E-state index contributed by atoms with van der Waals surface area (Å²) in [6.07, 6.45) is 5.47. The van der Waals surface area contributed by atoms with Crippen molar-refractivity contribution in [3.8, 4) is 22.9 Å². The number of hydrogen-bond donors (Lipinski definition) is 2. The maximum absolute atomic E-state index is 14.8. The van der Waals surface area contributed by atoms with Crippen LogP contribution in [0.5, 0.6) is 11.5 Å². The van der Waals surface area contributed by atoms with E-state index in [0.29, 0.717) is 46.8 Å². The Hall–Kier alpha value is -4.65. The number of allylic oxidation sites excluding steroid dienone is 1. The number of likely N-dealkylation sites (tertiary alicyclic amines) is 1. The van der Waals surface area contributed by atoms with Gasteiger partial charge in [0.05, 0.1) is 48.7 Å². The number of Topliss-reactive ketones (excluding diaryl/α,β-unsaturated/α-hetero) is 1. The molecule has 4 fully saturated rings. The largest absolute Gasteiger partial charge is 0.506 e. The third-order valence-corrected chi connectivity index (χ3v) is 12.3. The molecule has 1 aromatic carbocycles. The highest BCUT2D eigenvalue weighted by molar-refractivity contribution is 6.36. The lowest BCUT2D eigenvalue weighted by Crippen LogP contribution is -2.48. The van der Waals surface area contributed by atoms with Gasteiger partial charge in [-0.25, -0.2) is 4.98 Å². The molecule has 2 unspecified atom stereocenters. The molecular weight excluding hydrogens is 740 g/mol. The topological polar surface area (TPSA) is 170 Å². The number of carbonyl (C=O) groups excluding carboxylic acids is 4. The lowest BCUT2D eigenvalue weighted by molar-refractivity contribution is -0.157. The van der Waals surface area contributed by atoms with E-state index in [2.05, 4.69) is 16.9 Å². The van der Waals surface area contributed by atoms with Gasteiger partial charge in [-0.15, -0.1) is 6.58 Å². The standard InChI is InChI=1S/C42H51ClN4O9/c1-8-24-17-42(24,39(52)53-7)18-33(49)31-14-26(19-47(31)38(51)28(41(4,5)6)15-35(50)56-25-12-22-11-23(22)13-25)55-34-16-29(30-20-54-40(46-30)44-21(2)3)45-37-27(34)9-10-32(48)36(37)43/h8-10,16,20-26,28,31,48H,1,11-15,17-19H2,2-7H3,(H,44,46)/t22-,23+,24-,25?,26-,28-,31+,42?/m1/s1. The van der Waals surface area contributed by atoms with Gasteiger partial charge in [-0.1, -0.05) is 38.4 Å². The molecule has 14 heteroatoms. The van der Waals surface area contributed by atoms with Crippen LogP contribution >= 0.6 is 11.6 Å². The Labute approximate surface area is 331 Å². The van der Waals surface area contributed by atoms with Crippen molar-refractivity contribution in [2.75, 3.05) is 19.0 Å². The number of nitrogens with zero attached hydrogens (tertiary/aromatic N) is 3. The molecule has 1 saturated heterocycles. The van der Waals surface area contributed by atoms with E-state index in [9.17, 15) is 24.3 Å². The Morgan fingerprint density at radius 3 is 2.48 bits per heavy atom. The third-order valence-electron chi connectivity index (χ3n) is 12.0. The van der Waals surface area contributed by atoms with E-state index >= 15 is 0 Å². The molecule has 3 saturated carbocycles. The molecule has 3 aliphatic carbocycles. The van der Waals surface area contributed by atoms with E-state index in [4.69, 9.17) is 35.2 Å². The fourth-order valence-corrected chi connectivity index (χ4v) is 8.87. The maximum Gasteiger partial charge on any atom is 0.312 e. The summed E-state index contributed by atoms with van der Waals surface area (Å²) in [5.41, 5.74) is -0.705. The normalized spacial score (nSPS) is 27.1. The minimum absolute atomic E-state index is 0.0124. The number of benzene rings is 1. The summed E-state index contributed by atoms with van der Waals surface area (Å²) in [6.45, 7) is 13.5. The molecule has 2 N–H and O–H groups in total. The molecule has 7 rings (SSSR count). The van der Waals surface area contributed by atoms with E-state index in [0.717, 1.165) is 12.8 Å². The fraction of sp³-hybridized carbons (Fsp3) is 0.571. The molecule has 8 atom stereocenters. The quantitative estimate of drug-likeness (QED) is 0.125. The average Bonchev–Trinajstić information content (AvgIpc) is 3.80.